The molecule has 1 aromatic rings. The lowest BCUT2D eigenvalue weighted by Gasteiger charge is -2.37. The van der Waals surface area contributed by atoms with Crippen molar-refractivity contribution in [3.05, 3.63) is 30.1 Å². The first-order valence-corrected chi connectivity index (χ1v) is 8.05. The average Bonchev–Trinajstić information content (AvgIpc) is 3.20. The molecule has 1 aromatic heterocycles. The second-order valence-corrected chi connectivity index (χ2v) is 6.72. The largest absolute Gasteiger partial charge is 0.333 e. The van der Waals surface area contributed by atoms with Crippen molar-refractivity contribution in [2.75, 3.05) is 13.1 Å². The van der Waals surface area contributed by atoms with Gasteiger partial charge in [-0.05, 0) is 43.9 Å². The minimum Gasteiger partial charge on any atom is -0.333 e. The van der Waals surface area contributed by atoms with Gasteiger partial charge >= 0.3 is 0 Å². The Kier molecular flexibility index (Phi) is 3.98. The molecule has 3 rings (SSSR count). The van der Waals surface area contributed by atoms with E-state index < -0.39 is 0 Å². The quantitative estimate of drug-likeness (QED) is 0.903. The van der Waals surface area contributed by atoms with Crippen LogP contribution in [0, 0.1) is 11.3 Å². The standard InChI is InChI=1S/C17H25N3O/c1-13(2)17(8-10-18-12-17)16(21)20(15-6-7-15)11-14-5-3-4-9-19-14/h3-5,9,13,15,18H,6-8,10-12H2,1-2H3. The fourth-order valence-corrected chi connectivity index (χ4v) is 3.34. The zero-order valence-corrected chi connectivity index (χ0v) is 13.0. The fourth-order valence-electron chi connectivity index (χ4n) is 3.34. The number of hydrogen-bond donors (Lipinski definition) is 1. The van der Waals surface area contributed by atoms with Gasteiger partial charge in [0.1, 0.15) is 0 Å². The number of carbonyl (C=O) groups excluding carboxylic acids is 1. The maximum Gasteiger partial charge on any atom is 0.230 e. The van der Waals surface area contributed by atoms with E-state index >= 15 is 0 Å². The van der Waals surface area contributed by atoms with Crippen molar-refractivity contribution < 1.29 is 4.79 Å². The van der Waals surface area contributed by atoms with Crippen molar-refractivity contribution in [1.82, 2.24) is 15.2 Å². The molecule has 114 valence electrons. The molecule has 4 nitrogen and oxygen atoms in total. The highest BCUT2D eigenvalue weighted by Crippen LogP contribution is 2.40. The fraction of sp³-hybridized carbons (Fsp3) is 0.647. The molecule has 1 saturated heterocycles. The van der Waals surface area contributed by atoms with Gasteiger partial charge in [-0.2, -0.15) is 0 Å². The third kappa shape index (κ3) is 2.82. The average molecular weight is 287 g/mol. The van der Waals surface area contributed by atoms with Crippen LogP contribution < -0.4 is 5.32 Å². The van der Waals surface area contributed by atoms with Gasteiger partial charge in [-0.3, -0.25) is 9.78 Å². The minimum atomic E-state index is -0.225. The number of nitrogens with one attached hydrogen (secondary N) is 1. The van der Waals surface area contributed by atoms with Gasteiger partial charge in [0.05, 0.1) is 17.7 Å². The highest BCUT2D eigenvalue weighted by atomic mass is 16.2. The van der Waals surface area contributed by atoms with E-state index in [1.807, 2.05) is 18.2 Å². The Morgan fingerprint density at radius 3 is 2.81 bits per heavy atom. The molecule has 1 atom stereocenters. The van der Waals surface area contributed by atoms with Gasteiger partial charge < -0.3 is 10.2 Å². The zero-order chi connectivity index (χ0) is 14.9. The highest BCUT2D eigenvalue weighted by molar-refractivity contribution is 5.84. The molecule has 4 heteroatoms. The van der Waals surface area contributed by atoms with Gasteiger partial charge in [0, 0.05) is 18.8 Å². The lowest BCUT2D eigenvalue weighted by atomic mass is 9.75. The lowest BCUT2D eigenvalue weighted by molar-refractivity contribution is -0.145. The summed E-state index contributed by atoms with van der Waals surface area (Å²) in [7, 11) is 0. The van der Waals surface area contributed by atoms with Crippen LogP contribution >= 0.6 is 0 Å². The summed E-state index contributed by atoms with van der Waals surface area (Å²) in [5.41, 5.74) is 0.764. The first kappa shape index (κ1) is 14.5. The van der Waals surface area contributed by atoms with Crippen molar-refractivity contribution in [2.45, 2.75) is 45.7 Å². The summed E-state index contributed by atoms with van der Waals surface area (Å²) in [6, 6.07) is 6.35. The number of rotatable bonds is 5. The van der Waals surface area contributed by atoms with E-state index in [4.69, 9.17) is 0 Å². The Morgan fingerprint density at radius 2 is 2.29 bits per heavy atom. The number of hydrogen-bond acceptors (Lipinski definition) is 3. The predicted octanol–water partition coefficient (Wildman–Crippen LogP) is 2.21. The summed E-state index contributed by atoms with van der Waals surface area (Å²) < 4.78 is 0. The molecule has 0 radical (unpaired) electrons. The summed E-state index contributed by atoms with van der Waals surface area (Å²) in [6.07, 6.45) is 5.04. The first-order valence-electron chi connectivity index (χ1n) is 8.05. The molecular weight excluding hydrogens is 262 g/mol. The predicted molar refractivity (Wildman–Crippen MR) is 82.6 cm³/mol. The van der Waals surface area contributed by atoms with Crippen LogP contribution in [0.5, 0.6) is 0 Å². The number of nitrogens with zero attached hydrogens (tertiary/aromatic N) is 2. The van der Waals surface area contributed by atoms with Crippen molar-refractivity contribution >= 4 is 5.91 Å². The lowest BCUT2D eigenvalue weighted by Crippen LogP contribution is -2.48. The summed E-state index contributed by atoms with van der Waals surface area (Å²) in [5.74, 6) is 0.695. The third-order valence-electron chi connectivity index (χ3n) is 5.03. The van der Waals surface area contributed by atoms with Crippen LogP contribution in [0.25, 0.3) is 0 Å². The third-order valence-corrected chi connectivity index (χ3v) is 5.03. The van der Waals surface area contributed by atoms with Gasteiger partial charge in [-0.15, -0.1) is 0 Å². The number of pyridine rings is 1. The number of amides is 1. The van der Waals surface area contributed by atoms with Crippen molar-refractivity contribution in [3.8, 4) is 0 Å². The van der Waals surface area contributed by atoms with E-state index in [0.29, 0.717) is 24.4 Å². The van der Waals surface area contributed by atoms with Crippen LogP contribution in [0.1, 0.15) is 38.8 Å². The zero-order valence-electron chi connectivity index (χ0n) is 13.0. The Balaban J connectivity index is 1.82. The monoisotopic (exact) mass is 287 g/mol. The molecule has 1 N–H and O–H groups in total. The topological polar surface area (TPSA) is 45.2 Å². The van der Waals surface area contributed by atoms with Gasteiger partial charge in [0.2, 0.25) is 5.91 Å². The molecule has 2 fully saturated rings. The van der Waals surface area contributed by atoms with E-state index in [2.05, 4.69) is 29.0 Å². The van der Waals surface area contributed by atoms with Crippen LogP contribution in [0.4, 0.5) is 0 Å². The van der Waals surface area contributed by atoms with Crippen molar-refractivity contribution in [2.24, 2.45) is 11.3 Å². The summed E-state index contributed by atoms with van der Waals surface area (Å²) >= 11 is 0. The van der Waals surface area contributed by atoms with Crippen molar-refractivity contribution in [3.63, 3.8) is 0 Å². The Morgan fingerprint density at radius 1 is 1.48 bits per heavy atom. The van der Waals surface area contributed by atoms with Crippen molar-refractivity contribution in [1.29, 1.82) is 0 Å². The second-order valence-electron chi connectivity index (χ2n) is 6.72. The van der Waals surface area contributed by atoms with Crippen LogP contribution in [0.3, 0.4) is 0 Å². The molecule has 21 heavy (non-hydrogen) atoms. The molecule has 0 spiro atoms. The number of carbonyl (C=O) groups is 1. The SMILES string of the molecule is CC(C)C1(C(=O)N(Cc2ccccn2)C2CC2)CCNC1. The molecule has 2 aliphatic rings. The Hall–Kier alpha value is -1.42. The van der Waals surface area contributed by atoms with Gasteiger partial charge in [0.15, 0.2) is 0 Å². The van der Waals surface area contributed by atoms with E-state index in [0.717, 1.165) is 38.0 Å². The maximum atomic E-state index is 13.3. The molecule has 1 saturated carbocycles. The summed E-state index contributed by atoms with van der Waals surface area (Å²) in [6.45, 7) is 6.77. The Labute approximate surface area is 126 Å². The Bertz CT molecular complexity index is 490. The van der Waals surface area contributed by atoms with Crippen LogP contribution in [-0.4, -0.2) is 34.9 Å². The molecular formula is C17H25N3O. The van der Waals surface area contributed by atoms with Crippen LogP contribution in [0.15, 0.2) is 24.4 Å². The smallest absolute Gasteiger partial charge is 0.230 e. The number of aromatic nitrogens is 1. The first-order chi connectivity index (χ1) is 10.1. The summed E-state index contributed by atoms with van der Waals surface area (Å²) in [5, 5.41) is 3.39. The van der Waals surface area contributed by atoms with Crippen LogP contribution in [-0.2, 0) is 11.3 Å². The molecule has 0 bridgehead atoms. The molecule has 1 aliphatic heterocycles. The van der Waals surface area contributed by atoms with Gasteiger partial charge in [-0.25, -0.2) is 0 Å². The van der Waals surface area contributed by atoms with E-state index in [-0.39, 0.29) is 5.41 Å². The molecule has 0 aromatic carbocycles. The summed E-state index contributed by atoms with van der Waals surface area (Å²) in [4.78, 5) is 19.7. The van der Waals surface area contributed by atoms with Crippen LogP contribution in [0.2, 0.25) is 0 Å². The maximum absolute atomic E-state index is 13.3. The molecule has 1 unspecified atom stereocenters. The van der Waals surface area contributed by atoms with E-state index in [1.165, 1.54) is 0 Å². The van der Waals surface area contributed by atoms with Gasteiger partial charge in [-0.1, -0.05) is 19.9 Å². The van der Waals surface area contributed by atoms with E-state index in [1.54, 1.807) is 6.20 Å². The minimum absolute atomic E-state index is 0.225. The molecule has 2 heterocycles. The second kappa shape index (κ2) is 5.76. The normalized spacial score (nSPS) is 25.3. The molecule has 1 aliphatic carbocycles. The highest BCUT2D eigenvalue weighted by Gasteiger charge is 2.48. The van der Waals surface area contributed by atoms with E-state index in [9.17, 15) is 4.79 Å². The molecule has 1 amide bonds. The van der Waals surface area contributed by atoms with Gasteiger partial charge in [0.25, 0.3) is 0 Å².